The number of rotatable bonds is 4. The standard InChI is InChI=1S/C33H40N2O2/c1-32-18-16-27-25(12-15-29-33(27,2)19-17-30(36)35(29)3)26(32)13-14-28(32)31(37)34-21-22-8-7-11-24(20-22)23-9-5-4-6-10-23/h4-11,17,19-20,25-29H,12-16,18,21H2,1-3H3,(H,34,37)/t25-,26-,27-,28+,29+,32-,33+/m0/s1. The van der Waals surface area contributed by atoms with Crippen molar-refractivity contribution < 1.29 is 9.59 Å². The molecule has 6 rings (SSSR count). The van der Waals surface area contributed by atoms with E-state index in [0.717, 1.165) is 37.7 Å². The molecule has 4 aliphatic rings. The summed E-state index contributed by atoms with van der Waals surface area (Å²) in [5.41, 5.74) is 3.65. The molecule has 1 N–H and O–H groups in total. The van der Waals surface area contributed by atoms with Crippen LogP contribution in [0.15, 0.2) is 66.7 Å². The summed E-state index contributed by atoms with van der Waals surface area (Å²) < 4.78 is 0. The Kier molecular flexibility index (Phi) is 6.05. The first-order valence-electron chi connectivity index (χ1n) is 14.2. The molecule has 0 spiro atoms. The maximum atomic E-state index is 13.6. The third-order valence-electron chi connectivity index (χ3n) is 10.9. The molecule has 1 heterocycles. The first kappa shape index (κ1) is 24.5. The van der Waals surface area contributed by atoms with E-state index in [1.807, 2.05) is 24.1 Å². The fourth-order valence-electron chi connectivity index (χ4n) is 8.97. The average Bonchev–Trinajstić information content (AvgIpc) is 3.28. The summed E-state index contributed by atoms with van der Waals surface area (Å²) in [7, 11) is 1.98. The van der Waals surface area contributed by atoms with Gasteiger partial charge in [-0.15, -0.1) is 0 Å². The van der Waals surface area contributed by atoms with Crippen LogP contribution < -0.4 is 5.32 Å². The lowest BCUT2D eigenvalue weighted by Crippen LogP contribution is -2.59. The Balaban J connectivity index is 1.15. The van der Waals surface area contributed by atoms with Crippen LogP contribution in [-0.2, 0) is 16.1 Å². The normalized spacial score (nSPS) is 36.5. The minimum atomic E-state index is 0.0526. The number of carbonyl (C=O) groups is 2. The summed E-state index contributed by atoms with van der Waals surface area (Å²) in [5.74, 6) is 2.31. The van der Waals surface area contributed by atoms with Gasteiger partial charge >= 0.3 is 0 Å². The van der Waals surface area contributed by atoms with Gasteiger partial charge in [0.15, 0.2) is 0 Å². The van der Waals surface area contributed by atoms with Crippen LogP contribution in [0, 0.1) is 34.5 Å². The Morgan fingerprint density at radius 2 is 1.73 bits per heavy atom. The fourth-order valence-corrected chi connectivity index (χ4v) is 8.97. The number of carbonyl (C=O) groups excluding carboxylic acids is 2. The van der Waals surface area contributed by atoms with Crippen LogP contribution in [0.3, 0.4) is 0 Å². The van der Waals surface area contributed by atoms with Crippen LogP contribution in [0.2, 0.25) is 0 Å². The summed E-state index contributed by atoms with van der Waals surface area (Å²) in [6.45, 7) is 5.37. The van der Waals surface area contributed by atoms with E-state index in [1.54, 1.807) is 0 Å². The molecule has 1 aliphatic heterocycles. The molecule has 4 heteroatoms. The van der Waals surface area contributed by atoms with Crippen molar-refractivity contribution in [3.63, 3.8) is 0 Å². The minimum absolute atomic E-state index is 0.0526. The van der Waals surface area contributed by atoms with Crippen LogP contribution in [0.1, 0.15) is 57.9 Å². The van der Waals surface area contributed by atoms with E-state index < -0.39 is 0 Å². The molecule has 2 aromatic carbocycles. The lowest BCUT2D eigenvalue weighted by Gasteiger charge is -2.60. The lowest BCUT2D eigenvalue weighted by atomic mass is 9.47. The summed E-state index contributed by atoms with van der Waals surface area (Å²) in [6.07, 6.45) is 10.7. The van der Waals surface area contributed by atoms with Crippen LogP contribution >= 0.6 is 0 Å². The number of benzene rings is 2. The van der Waals surface area contributed by atoms with E-state index in [-0.39, 0.29) is 28.6 Å². The number of nitrogens with one attached hydrogen (secondary N) is 1. The molecular formula is C33H40N2O2. The van der Waals surface area contributed by atoms with Crippen LogP contribution in [0.5, 0.6) is 0 Å². The van der Waals surface area contributed by atoms with Gasteiger partial charge in [0.1, 0.15) is 0 Å². The van der Waals surface area contributed by atoms with Gasteiger partial charge in [-0.25, -0.2) is 0 Å². The van der Waals surface area contributed by atoms with Gasteiger partial charge in [-0.3, -0.25) is 9.59 Å². The predicted octanol–water partition coefficient (Wildman–Crippen LogP) is 6.23. The van der Waals surface area contributed by atoms with Gasteiger partial charge in [0.05, 0.1) is 0 Å². The predicted molar refractivity (Wildman–Crippen MR) is 147 cm³/mol. The number of hydrogen-bond donors (Lipinski definition) is 1. The molecule has 0 bridgehead atoms. The van der Waals surface area contributed by atoms with E-state index in [4.69, 9.17) is 0 Å². The van der Waals surface area contributed by atoms with Crippen molar-refractivity contribution in [2.24, 2.45) is 34.5 Å². The summed E-state index contributed by atoms with van der Waals surface area (Å²) in [4.78, 5) is 27.9. The molecule has 0 aromatic heterocycles. The zero-order chi connectivity index (χ0) is 25.8. The highest BCUT2D eigenvalue weighted by Gasteiger charge is 2.61. The highest BCUT2D eigenvalue weighted by atomic mass is 16.2. The van der Waals surface area contributed by atoms with E-state index in [9.17, 15) is 9.59 Å². The van der Waals surface area contributed by atoms with E-state index in [1.165, 1.54) is 17.5 Å². The van der Waals surface area contributed by atoms with E-state index in [0.29, 0.717) is 30.3 Å². The molecule has 3 saturated carbocycles. The van der Waals surface area contributed by atoms with Gasteiger partial charge in [0.25, 0.3) is 0 Å². The number of likely N-dealkylation sites (N-methyl/N-ethyl adjacent to an activating group) is 1. The molecule has 0 saturated heterocycles. The summed E-state index contributed by atoms with van der Waals surface area (Å²) >= 11 is 0. The molecule has 3 aliphatic carbocycles. The van der Waals surface area contributed by atoms with Crippen LogP contribution in [0.25, 0.3) is 11.1 Å². The van der Waals surface area contributed by atoms with Crippen molar-refractivity contribution in [2.45, 2.75) is 65.0 Å². The number of fused-ring (bicyclic) bond motifs is 5. The van der Waals surface area contributed by atoms with Crippen molar-refractivity contribution in [3.05, 3.63) is 72.3 Å². The van der Waals surface area contributed by atoms with E-state index in [2.05, 4.69) is 73.8 Å². The van der Waals surface area contributed by atoms with Crippen molar-refractivity contribution in [1.29, 1.82) is 0 Å². The molecule has 2 amide bonds. The second-order valence-electron chi connectivity index (χ2n) is 12.6. The topological polar surface area (TPSA) is 49.4 Å². The maximum absolute atomic E-state index is 13.6. The largest absolute Gasteiger partial charge is 0.352 e. The average molecular weight is 497 g/mol. The Labute approximate surface area is 221 Å². The van der Waals surface area contributed by atoms with Crippen molar-refractivity contribution in [1.82, 2.24) is 10.2 Å². The van der Waals surface area contributed by atoms with Gasteiger partial charge in [-0.2, -0.15) is 0 Å². The zero-order valence-electron chi connectivity index (χ0n) is 22.5. The quantitative estimate of drug-likeness (QED) is 0.546. The Morgan fingerprint density at radius 1 is 0.946 bits per heavy atom. The van der Waals surface area contributed by atoms with Crippen molar-refractivity contribution in [3.8, 4) is 11.1 Å². The molecule has 3 fully saturated rings. The molecule has 0 radical (unpaired) electrons. The zero-order valence-corrected chi connectivity index (χ0v) is 22.5. The highest BCUT2D eigenvalue weighted by Crippen LogP contribution is 2.65. The van der Waals surface area contributed by atoms with Crippen LogP contribution in [-0.4, -0.2) is 29.8 Å². The maximum Gasteiger partial charge on any atom is 0.246 e. The van der Waals surface area contributed by atoms with Crippen molar-refractivity contribution in [2.75, 3.05) is 7.05 Å². The minimum Gasteiger partial charge on any atom is -0.352 e. The summed E-state index contributed by atoms with van der Waals surface area (Å²) in [6, 6.07) is 19.2. The first-order chi connectivity index (χ1) is 17.8. The molecular weight excluding hydrogens is 456 g/mol. The number of nitrogens with zero attached hydrogens (tertiary/aromatic N) is 1. The third-order valence-corrected chi connectivity index (χ3v) is 10.9. The second-order valence-corrected chi connectivity index (χ2v) is 12.6. The summed E-state index contributed by atoms with van der Waals surface area (Å²) in [5, 5.41) is 3.32. The lowest BCUT2D eigenvalue weighted by molar-refractivity contribution is -0.142. The van der Waals surface area contributed by atoms with Crippen molar-refractivity contribution >= 4 is 11.8 Å². The number of hydrogen-bond acceptors (Lipinski definition) is 2. The number of amides is 2. The molecule has 2 aromatic rings. The highest BCUT2D eigenvalue weighted by molar-refractivity contribution is 5.89. The molecule has 0 unspecified atom stereocenters. The van der Waals surface area contributed by atoms with Gasteiger partial charge in [0.2, 0.25) is 11.8 Å². The monoisotopic (exact) mass is 496 g/mol. The van der Waals surface area contributed by atoms with Gasteiger partial charge in [0, 0.05) is 31.0 Å². The Hall–Kier alpha value is -2.88. The fraction of sp³-hybridized carbons (Fsp3) is 0.515. The van der Waals surface area contributed by atoms with Gasteiger partial charge in [-0.1, -0.05) is 68.5 Å². The van der Waals surface area contributed by atoms with Gasteiger partial charge in [-0.05, 0) is 90.5 Å². The van der Waals surface area contributed by atoms with Gasteiger partial charge < -0.3 is 10.2 Å². The Bertz CT molecular complexity index is 1220. The SMILES string of the molecule is CN1C(=O)C=C[C@]2(C)[C@H]3CC[C@]4(C)[C@@H](C(=O)NCc5cccc(-c6ccccc6)c5)CC[C@H]4[C@@H]3CC[C@@H]12. The second kappa shape index (κ2) is 9.15. The Morgan fingerprint density at radius 3 is 2.54 bits per heavy atom. The third kappa shape index (κ3) is 3.95. The molecule has 37 heavy (non-hydrogen) atoms. The van der Waals surface area contributed by atoms with E-state index >= 15 is 0 Å². The van der Waals surface area contributed by atoms with Crippen LogP contribution in [0.4, 0.5) is 0 Å². The smallest absolute Gasteiger partial charge is 0.246 e. The first-order valence-corrected chi connectivity index (χ1v) is 14.2. The molecule has 7 atom stereocenters. The molecule has 194 valence electrons. The molecule has 4 nitrogen and oxygen atoms in total.